The highest BCUT2D eigenvalue weighted by Gasteiger charge is 2.16. The fourth-order valence-electron chi connectivity index (χ4n) is 3.38. The lowest BCUT2D eigenvalue weighted by molar-refractivity contribution is 0.0967. The molecule has 4 aromatic rings. The van der Waals surface area contributed by atoms with Gasteiger partial charge < -0.3 is 4.57 Å². The van der Waals surface area contributed by atoms with Crippen LogP contribution < -0.4 is 16.2 Å². The summed E-state index contributed by atoms with van der Waals surface area (Å²) in [7, 11) is 1.70. The van der Waals surface area contributed by atoms with Crippen LogP contribution in [-0.4, -0.2) is 31.5 Å². The molecule has 4 rings (SSSR count). The van der Waals surface area contributed by atoms with Crippen LogP contribution in [0.15, 0.2) is 59.8 Å². The number of urea groups is 1. The van der Waals surface area contributed by atoms with Crippen molar-refractivity contribution >= 4 is 28.8 Å². The Hall–Kier alpha value is -4.40. The number of aromatic nitrogens is 4. The topological polar surface area (TPSA) is 119 Å². The minimum Gasteiger partial charge on any atom is -0.311 e. The van der Waals surface area contributed by atoms with Gasteiger partial charge in [0.15, 0.2) is 0 Å². The zero-order valence-corrected chi connectivity index (χ0v) is 17.7. The van der Waals surface area contributed by atoms with Gasteiger partial charge in [0.25, 0.3) is 11.5 Å². The summed E-state index contributed by atoms with van der Waals surface area (Å²) in [5.41, 5.74) is 3.50. The fourth-order valence-corrected chi connectivity index (χ4v) is 3.38. The van der Waals surface area contributed by atoms with Gasteiger partial charge in [-0.25, -0.2) is 14.8 Å². The van der Waals surface area contributed by atoms with Gasteiger partial charge in [-0.3, -0.25) is 25.2 Å². The molecule has 0 saturated heterocycles. The third-order valence-electron chi connectivity index (χ3n) is 5.05. The Bertz CT molecular complexity index is 1410. The molecule has 0 aliphatic carbocycles. The highest BCUT2D eigenvalue weighted by Crippen LogP contribution is 2.25. The first-order chi connectivity index (χ1) is 15.3. The van der Waals surface area contributed by atoms with Crippen LogP contribution in [0.4, 0.5) is 10.7 Å². The second kappa shape index (κ2) is 8.38. The highest BCUT2D eigenvalue weighted by atomic mass is 16.2. The number of rotatable bonds is 3. The smallest absolute Gasteiger partial charge is 0.311 e. The predicted octanol–water partition coefficient (Wildman–Crippen LogP) is 2.97. The number of aryl methyl sites for hydroxylation is 3. The van der Waals surface area contributed by atoms with Crippen LogP contribution in [0.3, 0.4) is 0 Å². The number of benzene rings is 1. The minimum atomic E-state index is -0.758. The predicted molar refractivity (Wildman–Crippen MR) is 120 cm³/mol. The summed E-state index contributed by atoms with van der Waals surface area (Å²) in [6.45, 7) is 3.72. The van der Waals surface area contributed by atoms with Crippen LogP contribution in [0.2, 0.25) is 0 Å². The van der Waals surface area contributed by atoms with E-state index in [1.165, 1.54) is 12.4 Å². The molecule has 0 bridgehead atoms. The van der Waals surface area contributed by atoms with Gasteiger partial charge in [-0.2, -0.15) is 0 Å². The van der Waals surface area contributed by atoms with E-state index in [-0.39, 0.29) is 17.1 Å². The van der Waals surface area contributed by atoms with E-state index in [0.717, 1.165) is 22.2 Å². The highest BCUT2D eigenvalue weighted by molar-refractivity contribution is 6.08. The SMILES string of the molecule is Cc1cc2c(cn1)cc(-c1cc(C(=O)NC(=O)Nc3ncccn3)ccc1C)c(=O)n2C. The van der Waals surface area contributed by atoms with Crippen LogP contribution in [0, 0.1) is 13.8 Å². The van der Waals surface area contributed by atoms with Crippen LogP contribution in [-0.2, 0) is 7.05 Å². The number of imide groups is 1. The molecule has 0 saturated carbocycles. The van der Waals surface area contributed by atoms with Crippen molar-refractivity contribution in [1.82, 2.24) is 24.8 Å². The standard InChI is InChI=1S/C23H20N6O3/c1-13-5-6-15(20(30)27-23(32)28-22-24-7-4-8-25-22)10-17(13)18-11-16-12-26-14(2)9-19(16)29(3)21(18)31/h4-12H,1-3H3,(H2,24,25,27,28,30,32). The molecular weight excluding hydrogens is 408 g/mol. The average molecular weight is 428 g/mol. The van der Waals surface area contributed by atoms with Crippen molar-refractivity contribution in [2.45, 2.75) is 13.8 Å². The summed E-state index contributed by atoms with van der Waals surface area (Å²) in [6.07, 6.45) is 4.66. The zero-order chi connectivity index (χ0) is 22.8. The van der Waals surface area contributed by atoms with Crippen LogP contribution in [0.25, 0.3) is 22.0 Å². The van der Waals surface area contributed by atoms with Crippen molar-refractivity contribution in [3.8, 4) is 11.1 Å². The minimum absolute atomic E-state index is 0.0749. The van der Waals surface area contributed by atoms with Gasteiger partial charge in [0, 0.05) is 47.8 Å². The van der Waals surface area contributed by atoms with E-state index >= 15 is 0 Å². The number of pyridine rings is 2. The molecule has 0 radical (unpaired) electrons. The van der Waals surface area contributed by atoms with Gasteiger partial charge in [0.05, 0.1) is 5.52 Å². The van der Waals surface area contributed by atoms with Crippen molar-refractivity contribution in [2.24, 2.45) is 7.05 Å². The molecule has 1 aromatic carbocycles. The zero-order valence-electron chi connectivity index (χ0n) is 17.7. The van der Waals surface area contributed by atoms with Gasteiger partial charge in [-0.05, 0) is 55.3 Å². The maximum Gasteiger partial charge on any atom is 0.328 e. The second-order valence-corrected chi connectivity index (χ2v) is 7.32. The monoisotopic (exact) mass is 428 g/mol. The number of hydrogen-bond donors (Lipinski definition) is 2. The number of hydrogen-bond acceptors (Lipinski definition) is 6. The van der Waals surface area contributed by atoms with Crippen LogP contribution in [0.1, 0.15) is 21.6 Å². The van der Waals surface area contributed by atoms with Gasteiger partial charge >= 0.3 is 6.03 Å². The number of nitrogens with zero attached hydrogens (tertiary/aromatic N) is 4. The van der Waals surface area contributed by atoms with E-state index in [1.807, 2.05) is 19.9 Å². The Kier molecular flexibility index (Phi) is 5.46. The van der Waals surface area contributed by atoms with E-state index in [2.05, 4.69) is 25.6 Å². The summed E-state index contributed by atoms with van der Waals surface area (Å²) in [5, 5.41) is 5.44. The molecule has 0 aliphatic rings. The lowest BCUT2D eigenvalue weighted by Gasteiger charge is -2.12. The van der Waals surface area contributed by atoms with Gasteiger partial charge in [-0.15, -0.1) is 0 Å². The fraction of sp³-hybridized carbons (Fsp3) is 0.130. The largest absolute Gasteiger partial charge is 0.328 e. The Morgan fingerprint density at radius 3 is 2.47 bits per heavy atom. The molecule has 32 heavy (non-hydrogen) atoms. The van der Waals surface area contributed by atoms with Crippen LogP contribution in [0.5, 0.6) is 0 Å². The van der Waals surface area contributed by atoms with Crippen molar-refractivity contribution in [3.63, 3.8) is 0 Å². The normalized spacial score (nSPS) is 10.7. The molecule has 3 heterocycles. The number of nitrogens with one attached hydrogen (secondary N) is 2. The Morgan fingerprint density at radius 1 is 0.969 bits per heavy atom. The number of carbonyl (C=O) groups excluding carboxylic acids is 2. The maximum atomic E-state index is 13.1. The molecular formula is C23H20N6O3. The summed E-state index contributed by atoms with van der Waals surface area (Å²) >= 11 is 0. The van der Waals surface area contributed by atoms with E-state index in [1.54, 1.807) is 48.1 Å². The third kappa shape index (κ3) is 4.08. The van der Waals surface area contributed by atoms with Crippen molar-refractivity contribution in [3.05, 3.63) is 82.2 Å². The number of carbonyl (C=O) groups is 2. The molecule has 9 nitrogen and oxygen atoms in total. The third-order valence-corrected chi connectivity index (χ3v) is 5.05. The lowest BCUT2D eigenvalue weighted by Crippen LogP contribution is -2.34. The summed E-state index contributed by atoms with van der Waals surface area (Å²) in [6, 6.07) is 9.40. The second-order valence-electron chi connectivity index (χ2n) is 7.32. The van der Waals surface area contributed by atoms with E-state index in [4.69, 9.17) is 0 Å². The van der Waals surface area contributed by atoms with Gasteiger partial charge in [0.2, 0.25) is 5.95 Å². The molecule has 3 amide bonds. The molecule has 9 heteroatoms. The van der Waals surface area contributed by atoms with Crippen LogP contribution >= 0.6 is 0 Å². The maximum absolute atomic E-state index is 13.1. The van der Waals surface area contributed by atoms with E-state index < -0.39 is 11.9 Å². The van der Waals surface area contributed by atoms with Crippen molar-refractivity contribution < 1.29 is 9.59 Å². The van der Waals surface area contributed by atoms with Crippen molar-refractivity contribution in [1.29, 1.82) is 0 Å². The molecule has 0 unspecified atom stereocenters. The first-order valence-corrected chi connectivity index (χ1v) is 9.80. The summed E-state index contributed by atoms with van der Waals surface area (Å²) in [5.74, 6) is -0.541. The lowest BCUT2D eigenvalue weighted by atomic mass is 9.97. The summed E-state index contributed by atoms with van der Waals surface area (Å²) in [4.78, 5) is 49.9. The van der Waals surface area contributed by atoms with Gasteiger partial charge in [0.1, 0.15) is 0 Å². The van der Waals surface area contributed by atoms with E-state index in [0.29, 0.717) is 11.1 Å². The molecule has 0 spiro atoms. The number of fused-ring (bicyclic) bond motifs is 1. The molecule has 0 fully saturated rings. The average Bonchev–Trinajstić information content (AvgIpc) is 2.77. The molecule has 2 N–H and O–H groups in total. The Labute approximate surface area is 183 Å². The molecule has 0 atom stereocenters. The first kappa shape index (κ1) is 20.9. The quantitative estimate of drug-likeness (QED) is 0.518. The van der Waals surface area contributed by atoms with E-state index in [9.17, 15) is 14.4 Å². The molecule has 160 valence electrons. The number of anilines is 1. The number of amides is 3. The molecule has 0 aliphatic heterocycles. The molecule has 3 aromatic heterocycles. The van der Waals surface area contributed by atoms with Crippen molar-refractivity contribution in [2.75, 3.05) is 5.32 Å². The Balaban J connectivity index is 1.67. The first-order valence-electron chi connectivity index (χ1n) is 9.80. The van der Waals surface area contributed by atoms with Gasteiger partial charge in [-0.1, -0.05) is 6.07 Å². The Morgan fingerprint density at radius 2 is 1.72 bits per heavy atom. The summed E-state index contributed by atoms with van der Waals surface area (Å²) < 4.78 is 1.57.